The Morgan fingerprint density at radius 1 is 1.26 bits per heavy atom. The quantitative estimate of drug-likeness (QED) is 0.915. The number of amides is 1. The zero-order valence-electron chi connectivity index (χ0n) is 13.5. The Bertz CT molecular complexity index is 784. The molecular formula is C19H22N2OS. The van der Waals surface area contributed by atoms with Gasteiger partial charge in [0.2, 0.25) is 0 Å². The number of aryl methyl sites for hydroxylation is 1. The van der Waals surface area contributed by atoms with Crippen LogP contribution in [0.4, 0.5) is 0 Å². The number of piperidine rings is 3. The fourth-order valence-corrected chi connectivity index (χ4v) is 5.81. The minimum Gasteiger partial charge on any atom is -0.347 e. The summed E-state index contributed by atoms with van der Waals surface area (Å²) in [6, 6.07) is 8.66. The molecular weight excluding hydrogens is 304 g/mol. The van der Waals surface area contributed by atoms with E-state index in [4.69, 9.17) is 0 Å². The van der Waals surface area contributed by atoms with Crippen molar-refractivity contribution in [1.82, 2.24) is 10.2 Å². The molecule has 3 nitrogen and oxygen atoms in total. The van der Waals surface area contributed by atoms with Gasteiger partial charge in [0, 0.05) is 20.7 Å². The van der Waals surface area contributed by atoms with Crippen molar-refractivity contribution in [2.24, 2.45) is 5.92 Å². The summed E-state index contributed by atoms with van der Waals surface area (Å²) >= 11 is 1.77. The molecule has 3 aliphatic heterocycles. The largest absolute Gasteiger partial charge is 0.347 e. The molecule has 4 aliphatic rings. The highest BCUT2D eigenvalue weighted by atomic mass is 32.1. The van der Waals surface area contributed by atoms with Crippen LogP contribution in [0, 0.1) is 12.8 Å². The van der Waals surface area contributed by atoms with Crippen LogP contribution in [-0.2, 0) is 0 Å². The molecule has 1 spiro atoms. The van der Waals surface area contributed by atoms with E-state index in [-0.39, 0.29) is 5.91 Å². The summed E-state index contributed by atoms with van der Waals surface area (Å²) in [5.41, 5.74) is 1.12. The van der Waals surface area contributed by atoms with Crippen molar-refractivity contribution in [2.75, 3.05) is 13.1 Å². The van der Waals surface area contributed by atoms with Gasteiger partial charge in [0.1, 0.15) is 0 Å². The van der Waals surface area contributed by atoms with Gasteiger partial charge in [-0.2, -0.15) is 0 Å². The van der Waals surface area contributed by atoms with Gasteiger partial charge in [0.05, 0.1) is 6.04 Å². The molecule has 0 unspecified atom stereocenters. The van der Waals surface area contributed by atoms with E-state index >= 15 is 0 Å². The molecule has 1 aromatic heterocycles. The fourth-order valence-electron chi connectivity index (χ4n) is 4.85. The fraction of sp³-hybridized carbons (Fsp3) is 0.526. The number of hydrogen-bond donors (Lipinski definition) is 1. The van der Waals surface area contributed by atoms with E-state index in [1.165, 1.54) is 53.7 Å². The summed E-state index contributed by atoms with van der Waals surface area (Å²) < 4.78 is 1.21. The average Bonchev–Trinajstić information content (AvgIpc) is 3.24. The molecule has 1 atom stereocenters. The Morgan fingerprint density at radius 2 is 2.04 bits per heavy atom. The molecule has 120 valence electrons. The maximum Gasteiger partial charge on any atom is 0.251 e. The zero-order chi connectivity index (χ0) is 15.6. The summed E-state index contributed by atoms with van der Waals surface area (Å²) in [5.74, 6) is 0.794. The number of rotatable bonds is 2. The van der Waals surface area contributed by atoms with Gasteiger partial charge in [-0.25, -0.2) is 0 Å². The number of nitrogens with one attached hydrogen (secondary N) is 1. The van der Waals surface area contributed by atoms with Crippen LogP contribution in [0.5, 0.6) is 0 Å². The molecule has 23 heavy (non-hydrogen) atoms. The smallest absolute Gasteiger partial charge is 0.251 e. The Balaban J connectivity index is 1.42. The standard InChI is InChI=1S/C19H22N2OS/c1-12-10-14-2-3-15(11-16(14)23-12)18(22)20-17-13-4-8-21(9-5-13)19(17)6-7-19/h2-3,10-11,13,17H,4-9H2,1H3,(H,20,22)/t17-/m0/s1. The van der Waals surface area contributed by atoms with Crippen LogP contribution in [-0.4, -0.2) is 35.5 Å². The minimum absolute atomic E-state index is 0.114. The number of fused-ring (bicyclic) bond motifs is 3. The average molecular weight is 326 g/mol. The van der Waals surface area contributed by atoms with E-state index in [1.807, 2.05) is 6.07 Å². The summed E-state index contributed by atoms with van der Waals surface area (Å²) in [4.78, 5) is 16.8. The van der Waals surface area contributed by atoms with Crippen LogP contribution in [0.15, 0.2) is 24.3 Å². The second-order valence-corrected chi connectivity index (χ2v) is 8.78. The van der Waals surface area contributed by atoms with E-state index in [9.17, 15) is 4.79 Å². The van der Waals surface area contributed by atoms with E-state index in [0.717, 1.165) is 5.56 Å². The predicted molar refractivity (Wildman–Crippen MR) is 94.1 cm³/mol. The number of carbonyl (C=O) groups is 1. The van der Waals surface area contributed by atoms with Gasteiger partial charge in [0.15, 0.2) is 0 Å². The van der Waals surface area contributed by atoms with Crippen LogP contribution >= 0.6 is 11.3 Å². The molecule has 4 fully saturated rings. The van der Waals surface area contributed by atoms with Crippen molar-refractivity contribution >= 4 is 27.3 Å². The van der Waals surface area contributed by atoms with Crippen molar-refractivity contribution in [3.63, 3.8) is 0 Å². The second-order valence-electron chi connectivity index (χ2n) is 7.49. The number of thiophene rings is 1. The number of nitrogens with zero attached hydrogens (tertiary/aromatic N) is 1. The lowest BCUT2D eigenvalue weighted by Gasteiger charge is -2.52. The lowest BCUT2D eigenvalue weighted by Crippen LogP contribution is -2.65. The van der Waals surface area contributed by atoms with Gasteiger partial charge >= 0.3 is 0 Å². The first-order valence-corrected chi connectivity index (χ1v) is 9.53. The van der Waals surface area contributed by atoms with Gasteiger partial charge in [-0.05, 0) is 75.2 Å². The number of carbonyl (C=O) groups excluding carboxylic acids is 1. The van der Waals surface area contributed by atoms with Gasteiger partial charge in [-0.15, -0.1) is 11.3 Å². The molecule has 4 heteroatoms. The van der Waals surface area contributed by atoms with Crippen molar-refractivity contribution < 1.29 is 4.79 Å². The SMILES string of the molecule is Cc1cc2ccc(C(=O)N[C@H]3C4CCN(CC4)C34CC4)cc2s1. The van der Waals surface area contributed by atoms with E-state index < -0.39 is 0 Å². The third kappa shape index (κ3) is 2.08. The first-order valence-electron chi connectivity index (χ1n) is 8.72. The Hall–Kier alpha value is -1.39. The second kappa shape index (κ2) is 4.81. The molecule has 1 N–H and O–H groups in total. The third-order valence-corrected chi connectivity index (χ3v) is 7.19. The molecule has 1 saturated carbocycles. The lowest BCUT2D eigenvalue weighted by molar-refractivity contribution is -0.00144. The maximum atomic E-state index is 12.8. The lowest BCUT2D eigenvalue weighted by atomic mass is 9.77. The normalized spacial score (nSPS) is 30.7. The summed E-state index contributed by atoms with van der Waals surface area (Å²) in [6.45, 7) is 4.59. The first kappa shape index (κ1) is 14.0. The van der Waals surface area contributed by atoms with Crippen LogP contribution in [0.1, 0.15) is 40.9 Å². The molecule has 2 bridgehead atoms. The third-order valence-electron chi connectivity index (χ3n) is 6.17. The highest BCUT2D eigenvalue weighted by Crippen LogP contribution is 2.53. The maximum absolute atomic E-state index is 12.8. The highest BCUT2D eigenvalue weighted by Gasteiger charge is 2.60. The highest BCUT2D eigenvalue weighted by molar-refractivity contribution is 7.19. The molecule has 3 saturated heterocycles. The number of benzene rings is 1. The van der Waals surface area contributed by atoms with Crippen molar-refractivity contribution in [1.29, 1.82) is 0 Å². The van der Waals surface area contributed by atoms with Crippen molar-refractivity contribution in [2.45, 2.75) is 44.2 Å². The monoisotopic (exact) mass is 326 g/mol. The molecule has 1 aromatic carbocycles. The van der Waals surface area contributed by atoms with Crippen LogP contribution in [0.3, 0.4) is 0 Å². The van der Waals surface area contributed by atoms with E-state index in [2.05, 4.69) is 35.3 Å². The number of hydrogen-bond acceptors (Lipinski definition) is 3. The molecule has 2 aromatic rings. The van der Waals surface area contributed by atoms with E-state index in [1.54, 1.807) is 11.3 Å². The Morgan fingerprint density at radius 3 is 2.78 bits per heavy atom. The van der Waals surface area contributed by atoms with Crippen LogP contribution < -0.4 is 5.32 Å². The molecule has 6 rings (SSSR count). The first-order chi connectivity index (χ1) is 11.2. The Labute approximate surface area is 140 Å². The van der Waals surface area contributed by atoms with Crippen LogP contribution in [0.2, 0.25) is 0 Å². The molecule has 4 heterocycles. The van der Waals surface area contributed by atoms with Crippen LogP contribution in [0.25, 0.3) is 10.1 Å². The van der Waals surface area contributed by atoms with Gasteiger partial charge in [0.25, 0.3) is 5.91 Å². The topological polar surface area (TPSA) is 32.3 Å². The Kier molecular flexibility index (Phi) is 2.92. The molecule has 0 radical (unpaired) electrons. The van der Waals surface area contributed by atoms with Crippen molar-refractivity contribution in [3.05, 3.63) is 34.7 Å². The summed E-state index contributed by atoms with van der Waals surface area (Å²) in [7, 11) is 0. The predicted octanol–water partition coefficient (Wildman–Crippen LogP) is 3.57. The minimum atomic E-state index is 0.114. The van der Waals surface area contributed by atoms with Gasteiger partial charge < -0.3 is 5.32 Å². The zero-order valence-corrected chi connectivity index (χ0v) is 14.3. The van der Waals surface area contributed by atoms with E-state index in [0.29, 0.717) is 17.5 Å². The van der Waals surface area contributed by atoms with Crippen molar-refractivity contribution in [3.8, 4) is 0 Å². The molecule has 1 amide bonds. The van der Waals surface area contributed by atoms with Gasteiger partial charge in [-0.1, -0.05) is 6.07 Å². The summed E-state index contributed by atoms with van der Waals surface area (Å²) in [6.07, 6.45) is 5.01. The molecule has 1 aliphatic carbocycles. The van der Waals surface area contributed by atoms with Gasteiger partial charge in [-0.3, -0.25) is 9.69 Å². The summed E-state index contributed by atoms with van der Waals surface area (Å²) in [5, 5.41) is 4.66.